The van der Waals surface area contributed by atoms with E-state index in [9.17, 15) is 9.59 Å². The fourth-order valence-electron chi connectivity index (χ4n) is 4.04. The van der Waals surface area contributed by atoms with Gasteiger partial charge in [-0.25, -0.2) is 0 Å². The number of anilines is 2. The third-order valence-electron chi connectivity index (χ3n) is 6.26. The van der Waals surface area contributed by atoms with Gasteiger partial charge in [0, 0.05) is 44.0 Å². The van der Waals surface area contributed by atoms with Crippen molar-refractivity contribution in [3.63, 3.8) is 0 Å². The van der Waals surface area contributed by atoms with Gasteiger partial charge in [0.15, 0.2) is 0 Å². The average Bonchev–Trinajstić information content (AvgIpc) is 2.77. The second-order valence-electron chi connectivity index (χ2n) is 8.69. The Kier molecular flexibility index (Phi) is 10.9. The molecule has 6 nitrogen and oxygen atoms in total. The lowest BCUT2D eigenvalue weighted by Gasteiger charge is -2.33. The smallest absolute Gasteiger partial charge is 0.253 e. The normalized spacial score (nSPS) is 14.7. The summed E-state index contributed by atoms with van der Waals surface area (Å²) in [7, 11) is 0. The van der Waals surface area contributed by atoms with Gasteiger partial charge in [0.05, 0.1) is 5.56 Å². The minimum atomic E-state index is -0.0668. The molecule has 2 rings (SSSR count). The van der Waals surface area contributed by atoms with E-state index in [1.165, 1.54) is 0 Å². The van der Waals surface area contributed by atoms with Crippen molar-refractivity contribution in [2.75, 3.05) is 49.5 Å². The van der Waals surface area contributed by atoms with Crippen LogP contribution < -0.4 is 15.5 Å². The van der Waals surface area contributed by atoms with Crippen molar-refractivity contribution in [2.45, 2.75) is 66.2 Å². The van der Waals surface area contributed by atoms with Crippen LogP contribution in [0.4, 0.5) is 11.4 Å². The van der Waals surface area contributed by atoms with Crippen LogP contribution in [0.1, 0.15) is 76.6 Å². The van der Waals surface area contributed by atoms with Crippen LogP contribution >= 0.6 is 0 Å². The highest BCUT2D eigenvalue weighted by molar-refractivity contribution is 6.02. The maximum atomic E-state index is 13.1. The van der Waals surface area contributed by atoms with E-state index in [0.29, 0.717) is 24.2 Å². The van der Waals surface area contributed by atoms with Crippen LogP contribution in [0.3, 0.4) is 0 Å². The zero-order valence-corrected chi connectivity index (χ0v) is 20.0. The van der Waals surface area contributed by atoms with Gasteiger partial charge in [0.2, 0.25) is 5.91 Å². The van der Waals surface area contributed by atoms with Gasteiger partial charge in [0.25, 0.3) is 5.91 Å². The third-order valence-corrected chi connectivity index (χ3v) is 6.26. The van der Waals surface area contributed by atoms with E-state index in [1.807, 2.05) is 18.2 Å². The lowest BCUT2D eigenvalue weighted by molar-refractivity contribution is -0.116. The Morgan fingerprint density at radius 2 is 1.81 bits per heavy atom. The van der Waals surface area contributed by atoms with Crippen LogP contribution in [0.5, 0.6) is 0 Å². The topological polar surface area (TPSA) is 64.7 Å². The second-order valence-corrected chi connectivity index (χ2v) is 8.69. The van der Waals surface area contributed by atoms with E-state index in [0.717, 1.165) is 76.4 Å². The summed E-state index contributed by atoms with van der Waals surface area (Å²) in [5, 5.41) is 6.07. The molecule has 1 aliphatic heterocycles. The van der Waals surface area contributed by atoms with Gasteiger partial charge in [-0.05, 0) is 56.5 Å². The maximum absolute atomic E-state index is 13.1. The van der Waals surface area contributed by atoms with Crippen LogP contribution in [0.15, 0.2) is 18.2 Å². The average molecular weight is 431 g/mol. The first-order chi connectivity index (χ1) is 15.0. The third kappa shape index (κ3) is 8.17. The molecular formula is C25H42N4O2. The summed E-state index contributed by atoms with van der Waals surface area (Å²) in [5.74, 6) is 0.674. The Morgan fingerprint density at radius 3 is 2.45 bits per heavy atom. The predicted molar refractivity (Wildman–Crippen MR) is 130 cm³/mol. The van der Waals surface area contributed by atoms with E-state index >= 15 is 0 Å². The quantitative estimate of drug-likeness (QED) is 0.479. The van der Waals surface area contributed by atoms with Crippen molar-refractivity contribution in [1.29, 1.82) is 0 Å². The molecule has 0 aromatic heterocycles. The molecule has 0 aliphatic carbocycles. The number of hydrogen-bond donors (Lipinski definition) is 2. The largest absolute Gasteiger partial charge is 0.371 e. The van der Waals surface area contributed by atoms with Crippen LogP contribution in [-0.4, -0.2) is 56.0 Å². The summed E-state index contributed by atoms with van der Waals surface area (Å²) in [6.45, 7) is 14.0. The number of nitrogens with zero attached hydrogens (tertiary/aromatic N) is 2. The number of amides is 2. The molecule has 0 radical (unpaired) electrons. The molecule has 1 aromatic carbocycles. The zero-order chi connectivity index (χ0) is 22.6. The standard InChI is InChI=1S/C25H42N4O2/c1-5-8-9-10-24(30)27-21-11-12-23(29-16-13-20(4)14-17-29)22(19-21)25(31)26-15-18-28(6-2)7-3/h11-12,19-20H,5-10,13-18H2,1-4H3,(H,26,31)(H,27,30). The molecule has 0 spiro atoms. The Hall–Kier alpha value is -2.08. The second kappa shape index (κ2) is 13.4. The van der Waals surface area contributed by atoms with Crippen LogP contribution in [0.2, 0.25) is 0 Å². The number of unbranched alkanes of at least 4 members (excludes halogenated alkanes) is 2. The monoisotopic (exact) mass is 430 g/mol. The Balaban J connectivity index is 2.13. The molecule has 6 heteroatoms. The van der Waals surface area contributed by atoms with Crippen molar-refractivity contribution < 1.29 is 9.59 Å². The summed E-state index contributed by atoms with van der Waals surface area (Å²) in [6, 6.07) is 5.77. The number of nitrogens with one attached hydrogen (secondary N) is 2. The lowest BCUT2D eigenvalue weighted by Crippen LogP contribution is -2.37. The summed E-state index contributed by atoms with van der Waals surface area (Å²) in [4.78, 5) is 30.0. The molecule has 2 amide bonds. The summed E-state index contributed by atoms with van der Waals surface area (Å²) < 4.78 is 0. The number of rotatable bonds is 12. The minimum absolute atomic E-state index is 0.0147. The van der Waals surface area contributed by atoms with Gasteiger partial charge < -0.3 is 20.4 Å². The summed E-state index contributed by atoms with van der Waals surface area (Å²) >= 11 is 0. The van der Waals surface area contributed by atoms with Gasteiger partial charge in [-0.1, -0.05) is 40.5 Å². The number of hydrogen-bond acceptors (Lipinski definition) is 4. The lowest BCUT2D eigenvalue weighted by atomic mass is 9.97. The van der Waals surface area contributed by atoms with Crippen LogP contribution in [0, 0.1) is 5.92 Å². The molecule has 0 unspecified atom stereocenters. The molecule has 0 bridgehead atoms. The van der Waals surface area contributed by atoms with E-state index in [4.69, 9.17) is 0 Å². The van der Waals surface area contributed by atoms with Crippen molar-refractivity contribution >= 4 is 23.2 Å². The number of carbonyl (C=O) groups is 2. The van der Waals surface area contributed by atoms with Gasteiger partial charge >= 0.3 is 0 Å². The van der Waals surface area contributed by atoms with Gasteiger partial charge in [-0.3, -0.25) is 9.59 Å². The maximum Gasteiger partial charge on any atom is 0.253 e. The van der Waals surface area contributed by atoms with Crippen LogP contribution in [0.25, 0.3) is 0 Å². The van der Waals surface area contributed by atoms with Crippen molar-refractivity contribution in [1.82, 2.24) is 10.2 Å². The molecule has 174 valence electrons. The van der Waals surface area contributed by atoms with Gasteiger partial charge in [0.1, 0.15) is 0 Å². The highest BCUT2D eigenvalue weighted by atomic mass is 16.2. The summed E-state index contributed by atoms with van der Waals surface area (Å²) in [5.41, 5.74) is 2.32. The van der Waals surface area contributed by atoms with Crippen molar-refractivity contribution in [3.05, 3.63) is 23.8 Å². The van der Waals surface area contributed by atoms with E-state index < -0.39 is 0 Å². The molecule has 2 N–H and O–H groups in total. The highest BCUT2D eigenvalue weighted by Gasteiger charge is 2.22. The summed E-state index contributed by atoms with van der Waals surface area (Å²) in [6.07, 6.45) is 5.84. The van der Waals surface area contributed by atoms with Crippen molar-refractivity contribution in [2.24, 2.45) is 5.92 Å². The fraction of sp³-hybridized carbons (Fsp3) is 0.680. The van der Waals surface area contributed by atoms with Crippen molar-refractivity contribution in [3.8, 4) is 0 Å². The Bertz CT molecular complexity index is 695. The Morgan fingerprint density at radius 1 is 1.10 bits per heavy atom. The molecule has 31 heavy (non-hydrogen) atoms. The molecule has 1 heterocycles. The first kappa shape index (κ1) is 25.2. The molecule has 1 aromatic rings. The molecule has 0 atom stereocenters. The number of carbonyl (C=O) groups excluding carboxylic acids is 2. The molecule has 1 fully saturated rings. The number of likely N-dealkylation sites (N-methyl/N-ethyl adjacent to an activating group) is 1. The number of benzene rings is 1. The number of piperidine rings is 1. The molecule has 0 saturated carbocycles. The SMILES string of the molecule is CCCCCC(=O)Nc1ccc(N2CCC(C)CC2)c(C(=O)NCCN(CC)CC)c1. The minimum Gasteiger partial charge on any atom is -0.371 e. The zero-order valence-electron chi connectivity index (χ0n) is 20.0. The molecule has 1 saturated heterocycles. The van der Waals surface area contributed by atoms with E-state index in [-0.39, 0.29) is 11.8 Å². The molecule has 1 aliphatic rings. The van der Waals surface area contributed by atoms with Gasteiger partial charge in [-0.2, -0.15) is 0 Å². The van der Waals surface area contributed by atoms with E-state index in [1.54, 1.807) is 0 Å². The fourth-order valence-corrected chi connectivity index (χ4v) is 4.04. The van der Waals surface area contributed by atoms with Gasteiger partial charge in [-0.15, -0.1) is 0 Å². The molecular weight excluding hydrogens is 388 g/mol. The first-order valence-electron chi connectivity index (χ1n) is 12.2. The van der Waals surface area contributed by atoms with E-state index in [2.05, 4.69) is 48.1 Å². The predicted octanol–water partition coefficient (Wildman–Crippen LogP) is 4.51. The van der Waals surface area contributed by atoms with Crippen LogP contribution in [-0.2, 0) is 4.79 Å². The highest BCUT2D eigenvalue weighted by Crippen LogP contribution is 2.29. The Labute approximate surface area is 188 Å². The first-order valence-corrected chi connectivity index (χ1v) is 12.2.